The van der Waals surface area contributed by atoms with Crippen molar-refractivity contribution in [3.63, 3.8) is 0 Å². The average Bonchev–Trinajstić information content (AvgIpc) is 2.49. The fourth-order valence-corrected chi connectivity index (χ4v) is 3.48. The van der Waals surface area contributed by atoms with Gasteiger partial charge in [0.05, 0.1) is 5.60 Å². The zero-order chi connectivity index (χ0) is 15.1. The number of hydrogen-bond acceptors (Lipinski definition) is 2. The first-order valence-corrected chi connectivity index (χ1v) is 8.54. The van der Waals surface area contributed by atoms with Gasteiger partial charge in [0.2, 0.25) is 0 Å². The average molecular weight is 289 g/mol. The van der Waals surface area contributed by atoms with Crippen LogP contribution >= 0.6 is 0 Å². The topological polar surface area (TPSA) is 21.3 Å². The first-order valence-electron chi connectivity index (χ1n) is 8.54. The normalized spacial score (nSPS) is 18.6. The van der Waals surface area contributed by atoms with Crippen LogP contribution in [0.1, 0.15) is 64.5 Å². The lowest BCUT2D eigenvalue weighted by Gasteiger charge is -2.34. The molecule has 1 unspecified atom stereocenters. The summed E-state index contributed by atoms with van der Waals surface area (Å²) < 4.78 is 5.84. The Balaban J connectivity index is 2.05. The van der Waals surface area contributed by atoms with Gasteiger partial charge in [0.1, 0.15) is 0 Å². The van der Waals surface area contributed by atoms with Gasteiger partial charge in [-0.1, -0.05) is 49.6 Å². The van der Waals surface area contributed by atoms with Crippen molar-refractivity contribution < 1.29 is 4.74 Å². The molecule has 1 aliphatic rings. The van der Waals surface area contributed by atoms with Gasteiger partial charge in [-0.05, 0) is 45.1 Å². The highest BCUT2D eigenvalue weighted by Gasteiger charge is 2.27. The molecule has 2 heteroatoms. The van der Waals surface area contributed by atoms with E-state index in [2.05, 4.69) is 56.4 Å². The maximum Gasteiger partial charge on any atom is 0.0750 e. The first kappa shape index (κ1) is 16.5. The van der Waals surface area contributed by atoms with E-state index in [1.165, 1.54) is 37.7 Å². The van der Waals surface area contributed by atoms with Gasteiger partial charge in [-0.25, -0.2) is 0 Å². The molecule has 0 amide bonds. The van der Waals surface area contributed by atoms with Crippen molar-refractivity contribution in [3.05, 3.63) is 35.9 Å². The van der Waals surface area contributed by atoms with E-state index >= 15 is 0 Å². The highest BCUT2D eigenvalue weighted by atomic mass is 16.5. The van der Waals surface area contributed by atoms with Crippen molar-refractivity contribution in [2.24, 2.45) is 5.92 Å². The van der Waals surface area contributed by atoms with Crippen molar-refractivity contribution in [3.8, 4) is 0 Å². The summed E-state index contributed by atoms with van der Waals surface area (Å²) in [4.78, 5) is 0. The van der Waals surface area contributed by atoms with E-state index in [4.69, 9.17) is 4.74 Å². The van der Waals surface area contributed by atoms with Crippen LogP contribution in [0.2, 0.25) is 0 Å². The number of benzene rings is 1. The van der Waals surface area contributed by atoms with E-state index < -0.39 is 0 Å². The maximum absolute atomic E-state index is 5.84. The molecule has 2 nitrogen and oxygen atoms in total. The smallest absolute Gasteiger partial charge is 0.0750 e. The second-order valence-corrected chi connectivity index (χ2v) is 6.86. The summed E-state index contributed by atoms with van der Waals surface area (Å²) in [6.07, 6.45) is 6.86. The van der Waals surface area contributed by atoms with E-state index in [0.29, 0.717) is 6.04 Å². The Morgan fingerprint density at radius 3 is 2.43 bits per heavy atom. The fourth-order valence-electron chi connectivity index (χ4n) is 3.48. The second kappa shape index (κ2) is 7.95. The molecule has 0 aliphatic heterocycles. The van der Waals surface area contributed by atoms with E-state index in [0.717, 1.165) is 19.1 Å². The largest absolute Gasteiger partial charge is 0.375 e. The van der Waals surface area contributed by atoms with Crippen LogP contribution in [0.25, 0.3) is 0 Å². The zero-order valence-corrected chi connectivity index (χ0v) is 13.9. The van der Waals surface area contributed by atoms with Gasteiger partial charge in [-0.2, -0.15) is 0 Å². The molecule has 0 aromatic heterocycles. The lowest BCUT2D eigenvalue weighted by Crippen LogP contribution is -2.41. The van der Waals surface area contributed by atoms with Gasteiger partial charge < -0.3 is 10.1 Å². The molecule has 1 fully saturated rings. The van der Waals surface area contributed by atoms with Crippen molar-refractivity contribution in [1.82, 2.24) is 5.32 Å². The Hall–Kier alpha value is -0.860. The quantitative estimate of drug-likeness (QED) is 0.784. The molecule has 21 heavy (non-hydrogen) atoms. The van der Waals surface area contributed by atoms with Gasteiger partial charge >= 0.3 is 0 Å². The number of rotatable bonds is 7. The van der Waals surface area contributed by atoms with E-state index in [9.17, 15) is 0 Å². The molecule has 0 bridgehead atoms. The second-order valence-electron chi connectivity index (χ2n) is 6.86. The molecule has 1 atom stereocenters. The summed E-state index contributed by atoms with van der Waals surface area (Å²) in [6.45, 7) is 8.08. The summed E-state index contributed by atoms with van der Waals surface area (Å²) >= 11 is 0. The van der Waals surface area contributed by atoms with E-state index in [-0.39, 0.29) is 5.60 Å². The van der Waals surface area contributed by atoms with Gasteiger partial charge in [-0.3, -0.25) is 0 Å². The zero-order valence-electron chi connectivity index (χ0n) is 13.9. The van der Waals surface area contributed by atoms with Crippen molar-refractivity contribution in [1.29, 1.82) is 0 Å². The van der Waals surface area contributed by atoms with Gasteiger partial charge in [0.15, 0.2) is 0 Å². The van der Waals surface area contributed by atoms with Crippen LogP contribution in [-0.2, 0) is 4.74 Å². The van der Waals surface area contributed by atoms with Crippen LogP contribution in [0, 0.1) is 5.92 Å². The molecule has 1 aromatic carbocycles. The molecule has 1 aromatic rings. The standard InChI is InChI=1S/C19H31NO/c1-4-21-19(2,3)15-20-18(16-11-7-5-8-12-16)17-13-9-6-10-14-17/h5,7-8,11-12,17-18,20H,4,6,9-10,13-15H2,1-3H3. The van der Waals surface area contributed by atoms with Crippen LogP contribution in [0.5, 0.6) is 0 Å². The predicted molar refractivity (Wildman–Crippen MR) is 89.5 cm³/mol. The molecule has 2 rings (SSSR count). The highest BCUT2D eigenvalue weighted by molar-refractivity contribution is 5.20. The summed E-state index contributed by atoms with van der Waals surface area (Å²) in [5.74, 6) is 0.763. The lowest BCUT2D eigenvalue weighted by atomic mass is 9.81. The van der Waals surface area contributed by atoms with Crippen molar-refractivity contribution in [2.75, 3.05) is 13.2 Å². The molecule has 118 valence electrons. The number of hydrogen-bond donors (Lipinski definition) is 1. The minimum Gasteiger partial charge on any atom is -0.375 e. The third-order valence-corrected chi connectivity index (χ3v) is 4.56. The summed E-state index contributed by atoms with van der Waals surface area (Å²) in [7, 11) is 0. The molecule has 0 heterocycles. The summed E-state index contributed by atoms with van der Waals surface area (Å²) in [5.41, 5.74) is 1.33. The van der Waals surface area contributed by atoms with Crippen molar-refractivity contribution >= 4 is 0 Å². The Bertz CT molecular complexity index is 395. The Morgan fingerprint density at radius 2 is 1.81 bits per heavy atom. The molecule has 0 radical (unpaired) electrons. The molecule has 1 aliphatic carbocycles. The third-order valence-electron chi connectivity index (χ3n) is 4.56. The van der Waals surface area contributed by atoms with Crippen LogP contribution in [0.15, 0.2) is 30.3 Å². The van der Waals surface area contributed by atoms with Gasteiger partial charge in [0.25, 0.3) is 0 Å². The summed E-state index contributed by atoms with van der Waals surface area (Å²) in [5, 5.41) is 3.81. The number of ether oxygens (including phenoxy) is 1. The number of nitrogens with one attached hydrogen (secondary N) is 1. The Kier molecular flexibility index (Phi) is 6.25. The molecular weight excluding hydrogens is 258 g/mol. The van der Waals surface area contributed by atoms with E-state index in [1.54, 1.807) is 0 Å². The van der Waals surface area contributed by atoms with Crippen LogP contribution in [0.4, 0.5) is 0 Å². The van der Waals surface area contributed by atoms with Crippen LogP contribution in [-0.4, -0.2) is 18.8 Å². The summed E-state index contributed by atoms with van der Waals surface area (Å²) in [6, 6.07) is 11.4. The molecule has 0 spiro atoms. The lowest BCUT2D eigenvalue weighted by molar-refractivity contribution is -0.0124. The van der Waals surface area contributed by atoms with Gasteiger partial charge in [-0.15, -0.1) is 0 Å². The van der Waals surface area contributed by atoms with Crippen LogP contribution in [0.3, 0.4) is 0 Å². The maximum atomic E-state index is 5.84. The Morgan fingerprint density at radius 1 is 1.14 bits per heavy atom. The fraction of sp³-hybridized carbons (Fsp3) is 0.684. The van der Waals surface area contributed by atoms with Gasteiger partial charge in [0, 0.05) is 19.2 Å². The monoisotopic (exact) mass is 289 g/mol. The minimum atomic E-state index is -0.101. The molecular formula is C19H31NO. The first-order chi connectivity index (χ1) is 10.1. The highest BCUT2D eigenvalue weighted by Crippen LogP contribution is 2.34. The minimum absolute atomic E-state index is 0.101. The van der Waals surface area contributed by atoms with Crippen molar-refractivity contribution in [2.45, 2.75) is 64.5 Å². The van der Waals surface area contributed by atoms with Crippen LogP contribution < -0.4 is 5.32 Å². The predicted octanol–water partition coefficient (Wildman–Crippen LogP) is 4.71. The third kappa shape index (κ3) is 5.12. The Labute approximate surface area is 130 Å². The molecule has 0 saturated heterocycles. The van der Waals surface area contributed by atoms with E-state index in [1.807, 2.05) is 0 Å². The SMILES string of the molecule is CCOC(C)(C)CNC(c1ccccc1)C1CCCCC1. The molecule has 1 N–H and O–H groups in total. The molecule has 1 saturated carbocycles.